The molecule has 0 aromatic rings. The molecule has 0 aliphatic rings. The molecule has 0 saturated heterocycles. The first-order valence-corrected chi connectivity index (χ1v) is 4.59. The number of hydrogen-bond acceptors (Lipinski definition) is 5. The van der Waals surface area contributed by atoms with Gasteiger partial charge in [-0.2, -0.15) is 0 Å². The van der Waals surface area contributed by atoms with Crippen molar-refractivity contribution < 1.29 is 29.3 Å². The molecule has 6 nitrogen and oxygen atoms in total. The molecular formula is C9H16O6. The third-order valence-corrected chi connectivity index (χ3v) is 1.11. The van der Waals surface area contributed by atoms with E-state index in [9.17, 15) is 14.4 Å². The molecule has 0 amide bonds. The highest BCUT2D eigenvalue weighted by molar-refractivity contribution is 5.72. The van der Waals surface area contributed by atoms with E-state index in [1.165, 1.54) is 0 Å². The molecule has 0 aliphatic heterocycles. The Kier molecular flexibility index (Phi) is 11.1. The zero-order chi connectivity index (χ0) is 12.3. The smallest absolute Gasteiger partial charge is 0.355 e. The third kappa shape index (κ3) is 15.2. The van der Waals surface area contributed by atoms with Crippen LogP contribution in [0, 0.1) is 0 Å². The van der Waals surface area contributed by atoms with Gasteiger partial charge in [0.1, 0.15) is 0 Å². The number of hydrogen-bond donors (Lipinski definition) is 1. The van der Waals surface area contributed by atoms with E-state index in [1.54, 1.807) is 20.8 Å². The van der Waals surface area contributed by atoms with Crippen molar-refractivity contribution in [2.45, 2.75) is 40.0 Å². The van der Waals surface area contributed by atoms with Gasteiger partial charge in [0.2, 0.25) is 0 Å². The largest absolute Gasteiger partial charge is 0.481 e. The van der Waals surface area contributed by atoms with Crippen molar-refractivity contribution in [2.75, 3.05) is 0 Å². The van der Waals surface area contributed by atoms with Gasteiger partial charge in [-0.15, -0.1) is 0 Å². The molecule has 0 fully saturated rings. The van der Waals surface area contributed by atoms with Crippen molar-refractivity contribution in [1.29, 1.82) is 0 Å². The zero-order valence-corrected chi connectivity index (χ0v) is 9.11. The molecule has 0 rings (SSSR count). The van der Waals surface area contributed by atoms with Crippen LogP contribution in [0.25, 0.3) is 0 Å². The van der Waals surface area contributed by atoms with Crippen LogP contribution < -0.4 is 0 Å². The van der Waals surface area contributed by atoms with Gasteiger partial charge in [0, 0.05) is 19.3 Å². The van der Waals surface area contributed by atoms with Crippen molar-refractivity contribution >= 4 is 17.9 Å². The van der Waals surface area contributed by atoms with Crippen molar-refractivity contribution in [2.24, 2.45) is 0 Å². The highest BCUT2D eigenvalue weighted by atomic mass is 17.2. The molecule has 0 heterocycles. The van der Waals surface area contributed by atoms with Crippen LogP contribution in [-0.2, 0) is 24.2 Å². The minimum atomic E-state index is -0.745. The number of carboxylic acids is 1. The summed E-state index contributed by atoms with van der Waals surface area (Å²) in [6.45, 7) is 4.83. The molecule has 0 spiro atoms. The predicted molar refractivity (Wildman–Crippen MR) is 50.7 cm³/mol. The number of aliphatic carboxylic acids is 1. The molecule has 0 radical (unpaired) electrons. The maximum atomic E-state index is 10.3. The fourth-order valence-electron chi connectivity index (χ4n) is 0.211. The summed E-state index contributed by atoms with van der Waals surface area (Å²) in [7, 11) is 0. The average molecular weight is 220 g/mol. The summed E-state index contributed by atoms with van der Waals surface area (Å²) in [4.78, 5) is 38.1. The lowest BCUT2D eigenvalue weighted by molar-refractivity contribution is -0.258. The Labute approximate surface area is 88.1 Å². The Morgan fingerprint density at radius 1 is 0.867 bits per heavy atom. The summed E-state index contributed by atoms with van der Waals surface area (Å²) in [6, 6.07) is 0. The van der Waals surface area contributed by atoms with E-state index < -0.39 is 17.9 Å². The fraction of sp³-hybridized carbons (Fsp3) is 0.667. The van der Waals surface area contributed by atoms with E-state index in [-0.39, 0.29) is 19.3 Å². The summed E-state index contributed by atoms with van der Waals surface area (Å²) in [5.41, 5.74) is 0. The lowest BCUT2D eigenvalue weighted by atomic mass is 10.5. The van der Waals surface area contributed by atoms with Gasteiger partial charge in [-0.25, -0.2) is 19.4 Å². The Hall–Kier alpha value is -1.59. The first-order chi connectivity index (χ1) is 6.97. The van der Waals surface area contributed by atoms with Gasteiger partial charge < -0.3 is 5.11 Å². The highest BCUT2D eigenvalue weighted by Crippen LogP contribution is 1.89. The minimum absolute atomic E-state index is 0.205. The molecule has 0 aliphatic carbocycles. The van der Waals surface area contributed by atoms with Crippen molar-refractivity contribution in [1.82, 2.24) is 0 Å². The van der Waals surface area contributed by atoms with Crippen LogP contribution in [0.5, 0.6) is 0 Å². The second kappa shape index (κ2) is 10.5. The lowest BCUT2D eigenvalue weighted by Crippen LogP contribution is -2.08. The van der Waals surface area contributed by atoms with Gasteiger partial charge in [-0.05, 0) is 0 Å². The van der Waals surface area contributed by atoms with Crippen LogP contribution in [0.4, 0.5) is 0 Å². The van der Waals surface area contributed by atoms with E-state index in [1.807, 2.05) is 0 Å². The molecule has 0 bridgehead atoms. The van der Waals surface area contributed by atoms with Crippen LogP contribution in [-0.4, -0.2) is 23.0 Å². The molecule has 0 aromatic heterocycles. The number of carbonyl (C=O) groups is 3. The van der Waals surface area contributed by atoms with Gasteiger partial charge in [0.25, 0.3) is 0 Å². The standard InChI is InChI=1S/C6H10O4.C3H6O2/c1-3-5(7)9-10-6(8)4-2;1-2-3(4)5/h3-4H2,1-2H3;2H2,1H3,(H,4,5). The number of carboxylic acid groups (broad SMARTS) is 1. The Morgan fingerprint density at radius 3 is 1.27 bits per heavy atom. The summed E-state index contributed by atoms with van der Waals surface area (Å²) >= 11 is 0. The molecule has 0 unspecified atom stereocenters. The molecule has 0 aromatic carbocycles. The quantitative estimate of drug-likeness (QED) is 0.569. The maximum absolute atomic E-state index is 10.3. The van der Waals surface area contributed by atoms with E-state index >= 15 is 0 Å². The number of carbonyl (C=O) groups excluding carboxylic acids is 2. The fourth-order valence-corrected chi connectivity index (χ4v) is 0.211. The van der Waals surface area contributed by atoms with Crippen LogP contribution in [0.2, 0.25) is 0 Å². The summed E-state index contributed by atoms with van der Waals surface area (Å²) < 4.78 is 0. The van der Waals surface area contributed by atoms with Gasteiger partial charge in [0.15, 0.2) is 0 Å². The van der Waals surface area contributed by atoms with E-state index in [4.69, 9.17) is 5.11 Å². The topological polar surface area (TPSA) is 89.9 Å². The van der Waals surface area contributed by atoms with Crippen LogP contribution in [0.1, 0.15) is 40.0 Å². The zero-order valence-electron chi connectivity index (χ0n) is 9.11. The first kappa shape index (κ1) is 15.9. The molecule has 0 saturated carbocycles. The van der Waals surface area contributed by atoms with E-state index in [2.05, 4.69) is 9.78 Å². The SMILES string of the molecule is CCC(=O)O.CCC(=O)OOC(=O)CC. The van der Waals surface area contributed by atoms with E-state index in [0.717, 1.165) is 0 Å². The van der Waals surface area contributed by atoms with Crippen LogP contribution in [0.3, 0.4) is 0 Å². The molecule has 88 valence electrons. The first-order valence-electron chi connectivity index (χ1n) is 4.59. The Morgan fingerprint density at radius 2 is 1.13 bits per heavy atom. The lowest BCUT2D eigenvalue weighted by Gasteiger charge is -1.97. The molecule has 6 heteroatoms. The van der Waals surface area contributed by atoms with Crippen molar-refractivity contribution in [3.63, 3.8) is 0 Å². The minimum Gasteiger partial charge on any atom is -0.481 e. The molecule has 15 heavy (non-hydrogen) atoms. The predicted octanol–water partition coefficient (Wildman–Crippen LogP) is 1.29. The molecule has 0 atom stereocenters. The average Bonchev–Trinajstić information content (AvgIpc) is 2.25. The monoisotopic (exact) mass is 220 g/mol. The van der Waals surface area contributed by atoms with Gasteiger partial charge >= 0.3 is 17.9 Å². The van der Waals surface area contributed by atoms with Crippen LogP contribution >= 0.6 is 0 Å². The Bertz CT molecular complexity index is 195. The third-order valence-electron chi connectivity index (χ3n) is 1.11. The normalized spacial score (nSPS) is 8.20. The van der Waals surface area contributed by atoms with Gasteiger partial charge in [0.05, 0.1) is 0 Å². The molecular weight excluding hydrogens is 204 g/mol. The second-order valence-corrected chi connectivity index (χ2v) is 2.37. The molecule has 1 N–H and O–H groups in total. The second-order valence-electron chi connectivity index (χ2n) is 2.37. The maximum Gasteiger partial charge on any atom is 0.355 e. The van der Waals surface area contributed by atoms with Crippen molar-refractivity contribution in [3.05, 3.63) is 0 Å². The summed E-state index contributed by atoms with van der Waals surface area (Å²) in [5.74, 6) is -1.83. The highest BCUT2D eigenvalue weighted by Gasteiger charge is 2.03. The van der Waals surface area contributed by atoms with Crippen molar-refractivity contribution in [3.8, 4) is 0 Å². The van der Waals surface area contributed by atoms with E-state index in [0.29, 0.717) is 0 Å². The van der Waals surface area contributed by atoms with Gasteiger partial charge in [-0.3, -0.25) is 4.79 Å². The Balaban J connectivity index is 0. The van der Waals surface area contributed by atoms with Gasteiger partial charge in [-0.1, -0.05) is 20.8 Å². The number of rotatable bonds is 3. The summed E-state index contributed by atoms with van der Waals surface area (Å²) in [6.07, 6.45) is 0.633. The van der Waals surface area contributed by atoms with Crippen LogP contribution in [0.15, 0.2) is 0 Å². The summed E-state index contributed by atoms with van der Waals surface area (Å²) in [5, 5.41) is 7.72.